The molecule has 3 heterocycles. The fourth-order valence-corrected chi connectivity index (χ4v) is 5.06. The molecule has 0 bridgehead atoms. The highest BCUT2D eigenvalue weighted by Gasteiger charge is 2.31. The first-order chi connectivity index (χ1) is 16.7. The Balaban J connectivity index is 1.20. The minimum atomic E-state index is -0.823. The number of ketones is 1. The van der Waals surface area contributed by atoms with Gasteiger partial charge in [-0.2, -0.15) is 0 Å². The highest BCUT2D eigenvalue weighted by molar-refractivity contribution is 6.03. The predicted octanol–water partition coefficient (Wildman–Crippen LogP) is 1.70. The number of aliphatic hydroxyl groups is 1. The third kappa shape index (κ3) is 4.11. The van der Waals surface area contributed by atoms with Crippen molar-refractivity contribution < 1.29 is 33.8 Å². The maximum absolute atomic E-state index is 13.0. The van der Waals surface area contributed by atoms with Crippen LogP contribution in [0.1, 0.15) is 65.0 Å². The number of β-amino-alcohol motifs (C(OH)–C–C–N with tert-alkyl or cyclic N) is 1. The summed E-state index contributed by atoms with van der Waals surface area (Å²) in [6.07, 6.45) is -0.823. The molecule has 2 aromatic rings. The van der Waals surface area contributed by atoms with Gasteiger partial charge in [-0.3, -0.25) is 14.5 Å². The Morgan fingerprint density at radius 1 is 0.943 bits per heavy atom. The summed E-state index contributed by atoms with van der Waals surface area (Å²) in [4.78, 5) is 52.6. The second-order valence-electron chi connectivity index (χ2n) is 9.21. The third-order valence-electron chi connectivity index (χ3n) is 7.20. The lowest BCUT2D eigenvalue weighted by atomic mass is 9.95. The van der Waals surface area contributed by atoms with E-state index < -0.39 is 6.10 Å². The summed E-state index contributed by atoms with van der Waals surface area (Å²) in [5.74, 6) is -1.10. The van der Waals surface area contributed by atoms with E-state index in [2.05, 4.69) is 0 Å². The molecular weight excluding hydrogens is 452 g/mol. The highest BCUT2D eigenvalue weighted by Crippen LogP contribution is 2.30. The van der Waals surface area contributed by atoms with Crippen LogP contribution in [-0.2, 0) is 27.5 Å². The van der Waals surface area contributed by atoms with Gasteiger partial charge in [-0.25, -0.2) is 9.59 Å². The maximum Gasteiger partial charge on any atom is 0.338 e. The van der Waals surface area contributed by atoms with E-state index in [1.165, 1.54) is 4.90 Å². The zero-order chi connectivity index (χ0) is 24.9. The molecule has 35 heavy (non-hydrogen) atoms. The van der Waals surface area contributed by atoms with Gasteiger partial charge in [-0.1, -0.05) is 12.1 Å². The molecule has 1 fully saturated rings. The molecule has 1 atom stereocenters. The van der Waals surface area contributed by atoms with Gasteiger partial charge in [-0.05, 0) is 42.7 Å². The van der Waals surface area contributed by atoms with Crippen LogP contribution in [0.15, 0.2) is 24.3 Å². The van der Waals surface area contributed by atoms with Gasteiger partial charge >= 0.3 is 11.9 Å². The fraction of sp³-hybridized carbons (Fsp3) is 0.385. The Morgan fingerprint density at radius 2 is 1.57 bits per heavy atom. The maximum atomic E-state index is 13.0. The van der Waals surface area contributed by atoms with Crippen molar-refractivity contribution in [2.45, 2.75) is 33.2 Å². The van der Waals surface area contributed by atoms with Gasteiger partial charge in [0.25, 0.3) is 0 Å². The van der Waals surface area contributed by atoms with Crippen LogP contribution in [-0.4, -0.2) is 71.3 Å². The molecule has 182 valence electrons. The van der Waals surface area contributed by atoms with Crippen LogP contribution in [0, 0.1) is 13.8 Å². The van der Waals surface area contributed by atoms with Crippen LogP contribution in [0.4, 0.5) is 0 Å². The Kier molecular flexibility index (Phi) is 5.90. The first-order valence-corrected chi connectivity index (χ1v) is 11.5. The standard InChI is InChI=1S/C26H26N2O7/c1-14-16(3-5-18-20(14)12-34-25(18)32)22(29)9-27-7-8-28(24(31)11-27)10-23(30)17-4-6-19-21(15(17)2)13-35-26(19)33/h3-6,22,29H,7-13H2,1-2H3/t22-/m1/s1. The number of fused-ring (bicyclic) bond motifs is 2. The lowest BCUT2D eigenvalue weighted by molar-refractivity contribution is -0.136. The number of rotatable bonds is 6. The summed E-state index contributed by atoms with van der Waals surface area (Å²) >= 11 is 0. The largest absolute Gasteiger partial charge is 0.457 e. The Labute approximate surface area is 202 Å². The minimum Gasteiger partial charge on any atom is -0.457 e. The summed E-state index contributed by atoms with van der Waals surface area (Å²) in [5.41, 5.74) is 5.28. The molecular formula is C26H26N2O7. The molecule has 2 aromatic carbocycles. The number of amides is 1. The normalized spacial score (nSPS) is 18.3. The number of hydrogen-bond donors (Lipinski definition) is 1. The van der Waals surface area contributed by atoms with Crippen molar-refractivity contribution in [1.82, 2.24) is 9.80 Å². The molecule has 0 aliphatic carbocycles. The predicted molar refractivity (Wildman–Crippen MR) is 123 cm³/mol. The number of cyclic esters (lactones) is 2. The third-order valence-corrected chi connectivity index (χ3v) is 7.20. The van der Waals surface area contributed by atoms with Crippen LogP contribution in [0.2, 0.25) is 0 Å². The number of piperazine rings is 1. The summed E-state index contributed by atoms with van der Waals surface area (Å²) in [6.45, 7) is 5.23. The summed E-state index contributed by atoms with van der Waals surface area (Å²) in [5, 5.41) is 10.8. The Bertz CT molecular complexity index is 1270. The van der Waals surface area contributed by atoms with Gasteiger partial charge in [0.1, 0.15) is 13.2 Å². The molecule has 3 aliphatic rings. The van der Waals surface area contributed by atoms with Crippen LogP contribution < -0.4 is 0 Å². The van der Waals surface area contributed by atoms with Crippen molar-refractivity contribution in [3.05, 3.63) is 68.8 Å². The number of Topliss-reactive ketones (excluding diaryl/α,β-unsaturated/α-hetero) is 1. The van der Waals surface area contributed by atoms with Crippen LogP contribution >= 0.6 is 0 Å². The lowest BCUT2D eigenvalue weighted by Crippen LogP contribution is -2.52. The molecule has 0 aromatic heterocycles. The molecule has 0 unspecified atom stereocenters. The Morgan fingerprint density at radius 3 is 2.23 bits per heavy atom. The van der Waals surface area contributed by atoms with Crippen molar-refractivity contribution in [2.75, 3.05) is 32.7 Å². The van der Waals surface area contributed by atoms with E-state index in [0.717, 1.165) is 16.7 Å². The molecule has 1 N–H and O–H groups in total. The highest BCUT2D eigenvalue weighted by atomic mass is 16.5. The smallest absolute Gasteiger partial charge is 0.338 e. The SMILES string of the molecule is Cc1c(C(=O)CN2CCN(C[C@@H](O)c3ccc4c(c3C)COC4=O)CC2=O)ccc2c1COC2=O. The van der Waals surface area contributed by atoms with E-state index in [0.29, 0.717) is 40.9 Å². The van der Waals surface area contributed by atoms with E-state index in [1.807, 2.05) is 11.8 Å². The molecule has 0 saturated carbocycles. The zero-order valence-corrected chi connectivity index (χ0v) is 19.6. The molecule has 9 heteroatoms. The summed E-state index contributed by atoms with van der Waals surface area (Å²) in [7, 11) is 0. The second kappa shape index (κ2) is 8.90. The number of aliphatic hydroxyl groups excluding tert-OH is 1. The van der Waals surface area contributed by atoms with Gasteiger partial charge in [0.05, 0.1) is 30.3 Å². The Hall–Kier alpha value is -3.56. The van der Waals surface area contributed by atoms with Gasteiger partial charge in [0.15, 0.2) is 5.78 Å². The van der Waals surface area contributed by atoms with E-state index in [1.54, 1.807) is 31.2 Å². The molecule has 5 rings (SSSR count). The average molecular weight is 479 g/mol. The fourth-order valence-electron chi connectivity index (χ4n) is 5.06. The molecule has 9 nitrogen and oxygen atoms in total. The summed E-state index contributed by atoms with van der Waals surface area (Å²) < 4.78 is 10.1. The van der Waals surface area contributed by atoms with E-state index in [9.17, 15) is 24.3 Å². The first kappa shape index (κ1) is 23.2. The minimum absolute atomic E-state index is 0.0401. The van der Waals surface area contributed by atoms with Crippen molar-refractivity contribution in [3.8, 4) is 0 Å². The van der Waals surface area contributed by atoms with Gasteiger partial charge < -0.3 is 19.5 Å². The molecule has 1 amide bonds. The number of ether oxygens (including phenoxy) is 2. The van der Waals surface area contributed by atoms with Crippen molar-refractivity contribution in [1.29, 1.82) is 0 Å². The van der Waals surface area contributed by atoms with Crippen LogP contribution in [0.3, 0.4) is 0 Å². The van der Waals surface area contributed by atoms with Crippen molar-refractivity contribution in [3.63, 3.8) is 0 Å². The van der Waals surface area contributed by atoms with Crippen LogP contribution in [0.25, 0.3) is 0 Å². The number of carbonyl (C=O) groups excluding carboxylic acids is 4. The second-order valence-corrected chi connectivity index (χ2v) is 9.21. The van der Waals surface area contributed by atoms with Gasteiger partial charge in [-0.15, -0.1) is 0 Å². The number of benzene rings is 2. The van der Waals surface area contributed by atoms with E-state index >= 15 is 0 Å². The molecule has 3 aliphatic heterocycles. The van der Waals surface area contributed by atoms with Crippen LogP contribution in [0.5, 0.6) is 0 Å². The summed E-state index contributed by atoms with van der Waals surface area (Å²) in [6, 6.07) is 6.64. The first-order valence-electron chi connectivity index (χ1n) is 11.5. The van der Waals surface area contributed by atoms with E-state index in [4.69, 9.17) is 9.47 Å². The number of esters is 2. The quantitative estimate of drug-likeness (QED) is 0.493. The van der Waals surface area contributed by atoms with Gasteiger partial charge in [0, 0.05) is 36.3 Å². The molecule has 0 spiro atoms. The number of hydrogen-bond acceptors (Lipinski definition) is 8. The van der Waals surface area contributed by atoms with Crippen molar-refractivity contribution in [2.24, 2.45) is 0 Å². The van der Waals surface area contributed by atoms with E-state index in [-0.39, 0.29) is 56.5 Å². The van der Waals surface area contributed by atoms with Gasteiger partial charge in [0.2, 0.25) is 5.91 Å². The molecule has 1 saturated heterocycles. The topological polar surface area (TPSA) is 113 Å². The average Bonchev–Trinajstić information content (AvgIpc) is 3.39. The monoisotopic (exact) mass is 478 g/mol. The van der Waals surface area contributed by atoms with Crippen molar-refractivity contribution >= 4 is 23.6 Å². The number of nitrogens with zero attached hydrogens (tertiary/aromatic N) is 2. The zero-order valence-electron chi connectivity index (χ0n) is 19.6. The number of carbonyl (C=O) groups is 4. The lowest BCUT2D eigenvalue weighted by Gasteiger charge is -2.35. The molecule has 0 radical (unpaired) electrons.